The van der Waals surface area contributed by atoms with Crippen LogP contribution in [0.2, 0.25) is 0 Å². The molecule has 0 bridgehead atoms. The number of rotatable bonds is 4. The summed E-state index contributed by atoms with van der Waals surface area (Å²) in [6.45, 7) is 7.01. The second-order valence-electron chi connectivity index (χ2n) is 6.48. The van der Waals surface area contributed by atoms with Gasteiger partial charge in [0.25, 0.3) is 0 Å². The first kappa shape index (κ1) is 16.2. The van der Waals surface area contributed by atoms with Crippen molar-refractivity contribution in [3.05, 3.63) is 34.0 Å². The molecule has 3 heterocycles. The highest BCUT2D eigenvalue weighted by molar-refractivity contribution is 7.09. The maximum atomic E-state index is 12.8. The number of hydrogen-bond acceptors (Lipinski definition) is 4. The van der Waals surface area contributed by atoms with E-state index in [4.69, 9.17) is 0 Å². The Morgan fingerprint density at radius 2 is 2.26 bits per heavy atom. The molecule has 0 aliphatic carbocycles. The van der Waals surface area contributed by atoms with E-state index in [0.717, 1.165) is 42.2 Å². The molecule has 124 valence electrons. The van der Waals surface area contributed by atoms with Crippen molar-refractivity contribution in [2.24, 2.45) is 0 Å². The van der Waals surface area contributed by atoms with Gasteiger partial charge >= 0.3 is 0 Å². The Hall–Kier alpha value is -1.69. The van der Waals surface area contributed by atoms with E-state index in [-0.39, 0.29) is 11.9 Å². The predicted octanol–water partition coefficient (Wildman–Crippen LogP) is 3.53. The molecule has 5 nitrogen and oxygen atoms in total. The van der Waals surface area contributed by atoms with Gasteiger partial charge in [0, 0.05) is 29.9 Å². The van der Waals surface area contributed by atoms with Crippen molar-refractivity contribution in [2.75, 3.05) is 6.54 Å². The number of carbonyl (C=O) groups excluding carboxylic acids is 1. The molecule has 1 aliphatic heterocycles. The number of piperidine rings is 1. The van der Waals surface area contributed by atoms with Crippen LogP contribution in [0, 0.1) is 6.92 Å². The number of aryl methyl sites for hydroxylation is 1. The molecule has 2 aromatic rings. The van der Waals surface area contributed by atoms with Crippen LogP contribution in [0.1, 0.15) is 61.6 Å². The topological polar surface area (TPSA) is 51.0 Å². The van der Waals surface area contributed by atoms with Gasteiger partial charge in [-0.15, -0.1) is 11.3 Å². The number of carbonyl (C=O) groups is 1. The molecule has 1 unspecified atom stereocenters. The zero-order valence-corrected chi connectivity index (χ0v) is 14.8. The van der Waals surface area contributed by atoms with Crippen molar-refractivity contribution in [3.8, 4) is 0 Å². The highest BCUT2D eigenvalue weighted by Crippen LogP contribution is 2.33. The summed E-state index contributed by atoms with van der Waals surface area (Å²) in [5, 5.41) is 7.64. The smallest absolute Gasteiger partial charge is 0.229 e. The Balaban J connectivity index is 1.73. The lowest BCUT2D eigenvalue weighted by molar-refractivity contribution is -0.134. The van der Waals surface area contributed by atoms with Crippen LogP contribution in [-0.2, 0) is 11.2 Å². The minimum absolute atomic E-state index is 0.141. The predicted molar refractivity (Wildman–Crippen MR) is 91.5 cm³/mol. The number of hydrogen-bond donors (Lipinski definition) is 0. The van der Waals surface area contributed by atoms with Crippen LogP contribution in [0.5, 0.6) is 0 Å². The Kier molecular flexibility index (Phi) is 4.80. The first-order valence-corrected chi connectivity index (χ1v) is 9.18. The van der Waals surface area contributed by atoms with Crippen LogP contribution >= 0.6 is 11.3 Å². The zero-order chi connectivity index (χ0) is 16.4. The molecule has 6 heteroatoms. The molecule has 1 amide bonds. The lowest BCUT2D eigenvalue weighted by atomic mass is 10.0. The lowest BCUT2D eigenvalue weighted by Crippen LogP contribution is -2.39. The van der Waals surface area contributed by atoms with Crippen LogP contribution in [0.4, 0.5) is 0 Å². The number of thiazole rings is 1. The molecular weight excluding hydrogens is 308 g/mol. The van der Waals surface area contributed by atoms with Crippen LogP contribution in [0.3, 0.4) is 0 Å². The fourth-order valence-corrected chi connectivity index (χ4v) is 3.97. The summed E-state index contributed by atoms with van der Waals surface area (Å²) in [6.07, 6.45) is 5.58. The average Bonchev–Trinajstić information content (AvgIpc) is 3.16. The van der Waals surface area contributed by atoms with Crippen molar-refractivity contribution in [1.82, 2.24) is 19.7 Å². The molecular formula is C17H24N4OS. The summed E-state index contributed by atoms with van der Waals surface area (Å²) < 4.78 is 1.90. The third-order valence-corrected chi connectivity index (χ3v) is 5.33. The van der Waals surface area contributed by atoms with Crippen molar-refractivity contribution >= 4 is 17.2 Å². The summed E-state index contributed by atoms with van der Waals surface area (Å²) in [5.74, 6) is 0.163. The summed E-state index contributed by atoms with van der Waals surface area (Å²) in [5.41, 5.74) is 1.89. The van der Waals surface area contributed by atoms with E-state index in [1.165, 1.54) is 0 Å². The first-order valence-electron chi connectivity index (χ1n) is 8.30. The van der Waals surface area contributed by atoms with Crippen LogP contribution in [-0.4, -0.2) is 32.1 Å². The minimum atomic E-state index is 0.141. The maximum absolute atomic E-state index is 12.8. The molecule has 1 saturated heterocycles. The Labute approximate surface area is 141 Å². The van der Waals surface area contributed by atoms with Crippen LogP contribution in [0.25, 0.3) is 0 Å². The van der Waals surface area contributed by atoms with Gasteiger partial charge in [-0.3, -0.25) is 9.48 Å². The van der Waals surface area contributed by atoms with Gasteiger partial charge in [-0.1, -0.05) is 0 Å². The van der Waals surface area contributed by atoms with Gasteiger partial charge < -0.3 is 4.90 Å². The number of likely N-dealkylation sites (tertiary alicyclic amines) is 1. The van der Waals surface area contributed by atoms with Crippen molar-refractivity contribution in [3.63, 3.8) is 0 Å². The quantitative estimate of drug-likeness (QED) is 0.860. The Morgan fingerprint density at radius 1 is 1.43 bits per heavy atom. The van der Waals surface area contributed by atoms with Gasteiger partial charge in [0.1, 0.15) is 5.01 Å². The largest absolute Gasteiger partial charge is 0.333 e. The van der Waals surface area contributed by atoms with E-state index in [0.29, 0.717) is 12.5 Å². The molecule has 0 saturated carbocycles. The second kappa shape index (κ2) is 6.83. The maximum Gasteiger partial charge on any atom is 0.229 e. The number of nitrogens with zero attached hydrogens (tertiary/aromatic N) is 4. The molecule has 1 aliphatic rings. The monoisotopic (exact) mass is 332 g/mol. The van der Waals surface area contributed by atoms with Crippen LogP contribution in [0.15, 0.2) is 17.6 Å². The van der Waals surface area contributed by atoms with Crippen LogP contribution < -0.4 is 0 Å². The van der Waals surface area contributed by atoms with E-state index in [9.17, 15) is 4.79 Å². The first-order chi connectivity index (χ1) is 11.0. The van der Waals surface area contributed by atoms with Crippen molar-refractivity contribution in [1.29, 1.82) is 0 Å². The van der Waals surface area contributed by atoms with Gasteiger partial charge in [-0.2, -0.15) is 5.10 Å². The summed E-state index contributed by atoms with van der Waals surface area (Å²) in [4.78, 5) is 19.4. The fraction of sp³-hybridized carbons (Fsp3) is 0.588. The molecule has 23 heavy (non-hydrogen) atoms. The summed E-state index contributed by atoms with van der Waals surface area (Å²) in [7, 11) is 0. The van der Waals surface area contributed by atoms with E-state index in [2.05, 4.69) is 29.3 Å². The standard InChI is InChI=1S/C17H24N4OS/c1-12(2)21-9-7-14(19-21)10-16(22)20-8-5-4-6-15(20)17-18-13(3)11-23-17/h7,9,11-12,15H,4-6,8,10H2,1-3H3. The second-order valence-corrected chi connectivity index (χ2v) is 7.37. The lowest BCUT2D eigenvalue weighted by Gasteiger charge is -2.34. The van der Waals surface area contributed by atoms with Gasteiger partial charge in [0.05, 0.1) is 18.2 Å². The molecule has 0 aromatic carbocycles. The van der Waals surface area contributed by atoms with E-state index >= 15 is 0 Å². The molecule has 0 spiro atoms. The third-order valence-electron chi connectivity index (χ3n) is 4.27. The highest BCUT2D eigenvalue weighted by Gasteiger charge is 2.30. The molecule has 2 aromatic heterocycles. The summed E-state index contributed by atoms with van der Waals surface area (Å²) >= 11 is 1.67. The third kappa shape index (κ3) is 3.63. The van der Waals surface area contributed by atoms with Gasteiger partial charge in [-0.05, 0) is 46.1 Å². The molecule has 1 fully saturated rings. The highest BCUT2D eigenvalue weighted by atomic mass is 32.1. The zero-order valence-electron chi connectivity index (χ0n) is 14.0. The Morgan fingerprint density at radius 3 is 2.91 bits per heavy atom. The molecule has 0 radical (unpaired) electrons. The Bertz CT molecular complexity index is 676. The molecule has 3 rings (SSSR count). The number of amides is 1. The summed E-state index contributed by atoms with van der Waals surface area (Å²) in [6, 6.07) is 2.41. The normalized spacial score (nSPS) is 18.6. The molecule has 1 atom stereocenters. The fourth-order valence-electron chi connectivity index (χ4n) is 3.03. The molecule has 0 N–H and O–H groups in total. The minimum Gasteiger partial charge on any atom is -0.333 e. The van der Waals surface area contributed by atoms with E-state index in [1.54, 1.807) is 11.3 Å². The van der Waals surface area contributed by atoms with Crippen molar-refractivity contribution in [2.45, 2.75) is 58.5 Å². The SMILES string of the molecule is Cc1csc(C2CCCCN2C(=O)Cc2ccn(C(C)C)n2)n1. The number of aromatic nitrogens is 3. The van der Waals surface area contributed by atoms with Gasteiger partial charge in [0.2, 0.25) is 5.91 Å². The van der Waals surface area contributed by atoms with Crippen molar-refractivity contribution < 1.29 is 4.79 Å². The van der Waals surface area contributed by atoms with E-state index in [1.807, 2.05) is 28.8 Å². The van der Waals surface area contributed by atoms with E-state index < -0.39 is 0 Å². The van der Waals surface area contributed by atoms with Gasteiger partial charge in [-0.25, -0.2) is 4.98 Å². The average molecular weight is 332 g/mol. The van der Waals surface area contributed by atoms with Gasteiger partial charge in [0.15, 0.2) is 0 Å².